The Morgan fingerprint density at radius 3 is 3.06 bits per heavy atom. The Hall–Kier alpha value is -2.14. The highest BCUT2D eigenvalue weighted by Crippen LogP contribution is 2.21. The molecular formula is C13H12N2O3. The van der Waals surface area contributed by atoms with Gasteiger partial charge >= 0.3 is 5.63 Å². The van der Waals surface area contributed by atoms with Crippen LogP contribution in [0.4, 0.5) is 0 Å². The van der Waals surface area contributed by atoms with Crippen LogP contribution in [0.5, 0.6) is 0 Å². The number of nitrogens with zero attached hydrogens (tertiary/aromatic N) is 2. The van der Waals surface area contributed by atoms with Gasteiger partial charge in [-0.1, -0.05) is 12.1 Å². The van der Waals surface area contributed by atoms with Gasteiger partial charge in [0.05, 0.1) is 18.5 Å². The van der Waals surface area contributed by atoms with Gasteiger partial charge in [-0.05, 0) is 12.1 Å². The van der Waals surface area contributed by atoms with Crippen molar-refractivity contribution in [1.82, 2.24) is 9.55 Å². The number of ether oxygens (including phenoxy) is 1. The first-order valence-electron chi connectivity index (χ1n) is 5.67. The van der Waals surface area contributed by atoms with E-state index in [1.165, 1.54) is 0 Å². The fraction of sp³-hybridized carbons (Fsp3) is 0.231. The van der Waals surface area contributed by atoms with Crippen molar-refractivity contribution in [2.24, 2.45) is 0 Å². The lowest BCUT2D eigenvalue weighted by atomic mass is 10.2. The molecule has 0 bridgehead atoms. The van der Waals surface area contributed by atoms with E-state index in [4.69, 9.17) is 9.15 Å². The van der Waals surface area contributed by atoms with Crippen LogP contribution < -0.4 is 5.63 Å². The lowest BCUT2D eigenvalue weighted by Gasteiger charge is -2.04. The molecule has 0 aliphatic heterocycles. The maximum absolute atomic E-state index is 11.8. The smallest absolute Gasteiger partial charge is 0.364 e. The topological polar surface area (TPSA) is 57.3 Å². The molecule has 5 nitrogen and oxygen atoms in total. The highest BCUT2D eigenvalue weighted by molar-refractivity contribution is 6.00. The molecule has 0 saturated heterocycles. The van der Waals surface area contributed by atoms with E-state index in [0.29, 0.717) is 24.3 Å². The Balaban J connectivity index is 2.36. The summed E-state index contributed by atoms with van der Waals surface area (Å²) < 4.78 is 12.2. The van der Waals surface area contributed by atoms with Gasteiger partial charge in [0.25, 0.3) is 0 Å². The first-order valence-corrected chi connectivity index (χ1v) is 5.67. The molecule has 2 aromatic heterocycles. The summed E-state index contributed by atoms with van der Waals surface area (Å²) in [6.07, 6.45) is 1.65. The van der Waals surface area contributed by atoms with Crippen LogP contribution in [0.2, 0.25) is 0 Å². The van der Waals surface area contributed by atoms with E-state index >= 15 is 0 Å². The van der Waals surface area contributed by atoms with Gasteiger partial charge in [-0.25, -0.2) is 9.78 Å². The lowest BCUT2D eigenvalue weighted by molar-refractivity contribution is 0.188. The standard InChI is InChI=1S/C13H12N2O3/c1-17-7-6-15-8-14-11-12(15)9-4-2-3-5-10(9)18-13(11)16/h2-5,8H,6-7H2,1H3. The molecule has 0 amide bonds. The number of fused-ring (bicyclic) bond motifs is 3. The minimum atomic E-state index is -0.403. The Labute approximate surface area is 103 Å². The van der Waals surface area contributed by atoms with Gasteiger partial charge in [0.2, 0.25) is 0 Å². The summed E-state index contributed by atoms with van der Waals surface area (Å²) in [5.74, 6) is 0. The van der Waals surface area contributed by atoms with E-state index in [9.17, 15) is 4.79 Å². The van der Waals surface area contributed by atoms with E-state index in [-0.39, 0.29) is 0 Å². The molecule has 0 unspecified atom stereocenters. The average Bonchev–Trinajstić information content (AvgIpc) is 2.81. The van der Waals surface area contributed by atoms with Crippen molar-refractivity contribution in [1.29, 1.82) is 0 Å². The SMILES string of the molecule is COCCn1cnc2c(=O)oc3ccccc3c21. The van der Waals surface area contributed by atoms with Crippen LogP contribution >= 0.6 is 0 Å². The Morgan fingerprint density at radius 1 is 1.39 bits per heavy atom. The first kappa shape index (κ1) is 11.0. The Bertz CT molecular complexity index is 758. The van der Waals surface area contributed by atoms with E-state index in [1.54, 1.807) is 19.5 Å². The third kappa shape index (κ3) is 1.60. The normalized spacial score (nSPS) is 11.4. The zero-order valence-corrected chi connectivity index (χ0v) is 9.92. The maximum atomic E-state index is 11.8. The lowest BCUT2D eigenvalue weighted by Crippen LogP contribution is -2.05. The number of methoxy groups -OCH3 is 1. The zero-order chi connectivity index (χ0) is 12.5. The predicted octanol–water partition coefficient (Wildman–Crippen LogP) is 1.79. The molecule has 0 fully saturated rings. The molecule has 0 aliphatic rings. The molecule has 3 aromatic rings. The summed E-state index contributed by atoms with van der Waals surface area (Å²) in [7, 11) is 1.64. The second-order valence-corrected chi connectivity index (χ2v) is 4.01. The van der Waals surface area contributed by atoms with Crippen molar-refractivity contribution in [3.8, 4) is 0 Å². The average molecular weight is 244 g/mol. The number of aromatic nitrogens is 2. The van der Waals surface area contributed by atoms with Gasteiger partial charge in [-0.15, -0.1) is 0 Å². The summed E-state index contributed by atoms with van der Waals surface area (Å²) in [5.41, 5.74) is 1.35. The molecular weight excluding hydrogens is 232 g/mol. The number of hydrogen-bond acceptors (Lipinski definition) is 4. The second-order valence-electron chi connectivity index (χ2n) is 4.01. The highest BCUT2D eigenvalue weighted by atomic mass is 16.5. The van der Waals surface area contributed by atoms with Crippen molar-refractivity contribution in [2.45, 2.75) is 6.54 Å². The molecule has 2 heterocycles. The number of para-hydroxylation sites is 1. The number of rotatable bonds is 3. The molecule has 0 aliphatic carbocycles. The van der Waals surface area contributed by atoms with Gasteiger partial charge in [0.15, 0.2) is 5.52 Å². The molecule has 18 heavy (non-hydrogen) atoms. The van der Waals surface area contributed by atoms with Crippen LogP contribution in [0.1, 0.15) is 0 Å². The summed E-state index contributed by atoms with van der Waals surface area (Å²) in [5, 5.41) is 0.890. The molecule has 5 heteroatoms. The van der Waals surface area contributed by atoms with Crippen LogP contribution in [0.25, 0.3) is 22.0 Å². The fourth-order valence-electron chi connectivity index (χ4n) is 2.07. The molecule has 92 valence electrons. The molecule has 1 aromatic carbocycles. The Kier molecular flexibility index (Phi) is 2.60. The van der Waals surface area contributed by atoms with E-state index in [0.717, 1.165) is 10.9 Å². The minimum Gasteiger partial charge on any atom is -0.421 e. The largest absolute Gasteiger partial charge is 0.421 e. The van der Waals surface area contributed by atoms with Gasteiger partial charge in [-0.3, -0.25) is 0 Å². The van der Waals surface area contributed by atoms with E-state index in [2.05, 4.69) is 4.98 Å². The van der Waals surface area contributed by atoms with Crippen molar-refractivity contribution in [3.63, 3.8) is 0 Å². The van der Waals surface area contributed by atoms with Crippen LogP contribution in [0.15, 0.2) is 39.8 Å². The third-order valence-corrected chi connectivity index (χ3v) is 2.91. The fourth-order valence-corrected chi connectivity index (χ4v) is 2.07. The van der Waals surface area contributed by atoms with Crippen molar-refractivity contribution in [3.05, 3.63) is 41.0 Å². The van der Waals surface area contributed by atoms with Crippen LogP contribution in [0.3, 0.4) is 0 Å². The highest BCUT2D eigenvalue weighted by Gasteiger charge is 2.12. The number of benzene rings is 1. The number of hydrogen-bond donors (Lipinski definition) is 0. The van der Waals surface area contributed by atoms with E-state index < -0.39 is 5.63 Å². The minimum absolute atomic E-state index is 0.366. The van der Waals surface area contributed by atoms with Crippen molar-refractivity contribution < 1.29 is 9.15 Å². The molecule has 3 rings (SSSR count). The molecule has 0 spiro atoms. The summed E-state index contributed by atoms with van der Waals surface area (Å²) in [6.45, 7) is 1.22. The molecule has 0 N–H and O–H groups in total. The first-order chi connectivity index (χ1) is 8.81. The summed E-state index contributed by atoms with van der Waals surface area (Å²) in [4.78, 5) is 15.9. The quantitative estimate of drug-likeness (QED) is 0.659. The predicted molar refractivity (Wildman–Crippen MR) is 67.7 cm³/mol. The van der Waals surface area contributed by atoms with Crippen molar-refractivity contribution in [2.75, 3.05) is 13.7 Å². The van der Waals surface area contributed by atoms with Crippen LogP contribution in [0, 0.1) is 0 Å². The zero-order valence-electron chi connectivity index (χ0n) is 9.92. The molecule has 0 radical (unpaired) electrons. The second kappa shape index (κ2) is 4.27. The third-order valence-electron chi connectivity index (χ3n) is 2.91. The molecule has 0 atom stereocenters. The van der Waals surface area contributed by atoms with E-state index in [1.807, 2.05) is 22.8 Å². The maximum Gasteiger partial charge on any atom is 0.364 e. The van der Waals surface area contributed by atoms with Crippen LogP contribution in [-0.4, -0.2) is 23.3 Å². The Morgan fingerprint density at radius 2 is 2.22 bits per heavy atom. The summed E-state index contributed by atoms with van der Waals surface area (Å²) >= 11 is 0. The number of imidazole rings is 1. The van der Waals surface area contributed by atoms with Gasteiger partial charge < -0.3 is 13.7 Å². The van der Waals surface area contributed by atoms with Gasteiger partial charge in [-0.2, -0.15) is 0 Å². The van der Waals surface area contributed by atoms with Crippen LogP contribution in [-0.2, 0) is 11.3 Å². The monoisotopic (exact) mass is 244 g/mol. The molecule has 0 saturated carbocycles. The summed E-state index contributed by atoms with van der Waals surface area (Å²) in [6, 6.07) is 7.46. The van der Waals surface area contributed by atoms with Crippen molar-refractivity contribution >= 4 is 22.0 Å². The van der Waals surface area contributed by atoms with Gasteiger partial charge in [0.1, 0.15) is 5.58 Å². The van der Waals surface area contributed by atoms with Gasteiger partial charge in [0, 0.05) is 19.0 Å².